The first kappa shape index (κ1) is 30.7. The van der Waals surface area contributed by atoms with Gasteiger partial charge in [0.2, 0.25) is 17.7 Å². The molecule has 1 aliphatic rings. The molecule has 5 rings (SSSR count). The molecule has 4 amide bonds. The number of aromatic nitrogens is 1. The third kappa shape index (κ3) is 6.89. The van der Waals surface area contributed by atoms with Crippen molar-refractivity contribution in [3.8, 4) is 0 Å². The van der Waals surface area contributed by atoms with Gasteiger partial charge in [-0.3, -0.25) is 24.2 Å². The summed E-state index contributed by atoms with van der Waals surface area (Å²) < 4.78 is 0. The minimum absolute atomic E-state index is 0.201. The number of benzene rings is 3. The number of hydrogen-bond donors (Lipinski definition) is 2. The molecule has 0 saturated carbocycles. The summed E-state index contributed by atoms with van der Waals surface area (Å²) in [7, 11) is 0. The zero-order valence-corrected chi connectivity index (χ0v) is 25.1. The zero-order chi connectivity index (χ0) is 31.2. The van der Waals surface area contributed by atoms with Gasteiger partial charge in [0, 0.05) is 43.0 Å². The zero-order valence-electron chi connectivity index (χ0n) is 24.4. The molecule has 0 spiro atoms. The maximum Gasteiger partial charge on any atom is 0.250 e. The van der Waals surface area contributed by atoms with E-state index in [2.05, 4.69) is 10.3 Å². The van der Waals surface area contributed by atoms with E-state index in [1.54, 1.807) is 42.7 Å². The second-order valence-corrected chi connectivity index (χ2v) is 11.4. The number of fused-ring (bicyclic) bond motifs is 1. The average molecular weight is 612 g/mol. The molecule has 3 N–H and O–H groups in total. The molecular formula is C34H34ClN5O4. The Kier molecular flexibility index (Phi) is 9.55. The standard InChI is InChI=1S/C34H34ClN5O4/c1-22-14-16-39(29(33(36)43)18-25-10-4-9-24-8-2-3-13-28(24)25)34(44)32(26-11-5-12-27(35)17-26)40(22)31(42)19-30(41)38-21-23-7-6-15-37-20-23/h2-13,15,17,20,22,29,32H,14,16,18-19,21H2,1H3,(H2,36,43)(H,38,41)/t22-,29-,32+/m1/s1. The van der Waals surface area contributed by atoms with Crippen molar-refractivity contribution in [2.45, 2.75) is 50.9 Å². The van der Waals surface area contributed by atoms with Crippen molar-refractivity contribution < 1.29 is 19.2 Å². The Morgan fingerprint density at radius 3 is 2.57 bits per heavy atom. The molecule has 1 aliphatic heterocycles. The molecule has 9 nitrogen and oxygen atoms in total. The number of hydrogen-bond acceptors (Lipinski definition) is 5. The first-order valence-corrected chi connectivity index (χ1v) is 14.9. The molecule has 1 fully saturated rings. The van der Waals surface area contributed by atoms with Crippen LogP contribution in [0.25, 0.3) is 10.8 Å². The highest BCUT2D eigenvalue weighted by molar-refractivity contribution is 6.30. The number of halogens is 1. The SMILES string of the molecule is C[C@@H]1CCN([C@H](Cc2cccc3ccccc23)C(N)=O)C(=O)[C@H](c2cccc(Cl)c2)N1C(=O)CC(=O)NCc1cccnc1. The summed E-state index contributed by atoms with van der Waals surface area (Å²) in [4.78, 5) is 61.1. The van der Waals surface area contributed by atoms with Crippen LogP contribution in [0.15, 0.2) is 91.3 Å². The molecule has 3 atom stereocenters. The molecule has 1 aromatic heterocycles. The van der Waals surface area contributed by atoms with E-state index in [4.69, 9.17) is 17.3 Å². The van der Waals surface area contributed by atoms with Crippen LogP contribution in [0.4, 0.5) is 0 Å². The van der Waals surface area contributed by atoms with Crippen LogP contribution in [0.5, 0.6) is 0 Å². The molecule has 226 valence electrons. The average Bonchev–Trinajstić information content (AvgIpc) is 3.14. The fraction of sp³-hybridized carbons (Fsp3) is 0.265. The van der Waals surface area contributed by atoms with E-state index >= 15 is 0 Å². The molecule has 0 radical (unpaired) electrons. The Hall–Kier alpha value is -4.76. The Morgan fingerprint density at radius 2 is 1.82 bits per heavy atom. The van der Waals surface area contributed by atoms with Gasteiger partial charge in [0.15, 0.2) is 0 Å². The van der Waals surface area contributed by atoms with Gasteiger partial charge in [-0.25, -0.2) is 0 Å². The number of primary amides is 1. The quantitative estimate of drug-likeness (QED) is 0.275. The number of pyridine rings is 1. The van der Waals surface area contributed by atoms with Crippen molar-refractivity contribution in [3.63, 3.8) is 0 Å². The Morgan fingerprint density at radius 1 is 1.05 bits per heavy atom. The summed E-state index contributed by atoms with van der Waals surface area (Å²) in [5, 5.41) is 5.13. The number of nitrogens with zero attached hydrogens (tertiary/aromatic N) is 3. The molecule has 1 saturated heterocycles. The molecular weight excluding hydrogens is 578 g/mol. The minimum atomic E-state index is -1.11. The van der Waals surface area contributed by atoms with Crippen LogP contribution in [0, 0.1) is 0 Å². The monoisotopic (exact) mass is 611 g/mol. The summed E-state index contributed by atoms with van der Waals surface area (Å²) in [6.45, 7) is 2.25. The van der Waals surface area contributed by atoms with Gasteiger partial charge in [0.1, 0.15) is 18.5 Å². The van der Waals surface area contributed by atoms with Crippen molar-refractivity contribution in [1.29, 1.82) is 0 Å². The molecule has 3 aromatic carbocycles. The molecule has 44 heavy (non-hydrogen) atoms. The van der Waals surface area contributed by atoms with E-state index in [1.807, 2.05) is 55.5 Å². The Labute approximate surface area is 261 Å². The van der Waals surface area contributed by atoms with Gasteiger partial charge in [0.05, 0.1) is 0 Å². The van der Waals surface area contributed by atoms with Gasteiger partial charge >= 0.3 is 0 Å². The van der Waals surface area contributed by atoms with Gasteiger partial charge in [-0.2, -0.15) is 0 Å². The highest BCUT2D eigenvalue weighted by Crippen LogP contribution is 2.33. The van der Waals surface area contributed by atoms with E-state index in [9.17, 15) is 19.2 Å². The van der Waals surface area contributed by atoms with Crippen LogP contribution in [0.3, 0.4) is 0 Å². The lowest BCUT2D eigenvalue weighted by molar-refractivity contribution is -0.149. The number of nitrogens with two attached hydrogens (primary N) is 1. The van der Waals surface area contributed by atoms with Crippen LogP contribution in [0.2, 0.25) is 5.02 Å². The van der Waals surface area contributed by atoms with Crippen molar-refractivity contribution in [1.82, 2.24) is 20.1 Å². The van der Waals surface area contributed by atoms with Crippen LogP contribution in [0.1, 0.15) is 42.5 Å². The van der Waals surface area contributed by atoms with E-state index in [0.717, 1.165) is 21.9 Å². The second-order valence-electron chi connectivity index (χ2n) is 11.0. The van der Waals surface area contributed by atoms with Crippen LogP contribution in [-0.2, 0) is 32.1 Å². The summed E-state index contributed by atoms with van der Waals surface area (Å²) >= 11 is 6.34. The number of carbonyl (C=O) groups excluding carboxylic acids is 4. The lowest BCUT2D eigenvalue weighted by Gasteiger charge is -2.35. The predicted molar refractivity (Wildman–Crippen MR) is 168 cm³/mol. The second kappa shape index (κ2) is 13.7. The summed E-state index contributed by atoms with van der Waals surface area (Å²) in [6.07, 6.45) is 3.41. The van der Waals surface area contributed by atoms with Crippen molar-refractivity contribution in [3.05, 3.63) is 113 Å². The Balaban J connectivity index is 1.45. The first-order chi connectivity index (χ1) is 21.2. The predicted octanol–water partition coefficient (Wildman–Crippen LogP) is 4.18. The molecule has 10 heteroatoms. The molecule has 0 unspecified atom stereocenters. The molecule has 0 aliphatic carbocycles. The third-order valence-corrected chi connectivity index (χ3v) is 8.27. The first-order valence-electron chi connectivity index (χ1n) is 14.5. The smallest absolute Gasteiger partial charge is 0.250 e. The lowest BCUT2D eigenvalue weighted by atomic mass is 9.96. The maximum absolute atomic E-state index is 14.5. The van der Waals surface area contributed by atoms with Crippen molar-refractivity contribution in [2.24, 2.45) is 5.73 Å². The van der Waals surface area contributed by atoms with Crippen LogP contribution < -0.4 is 11.1 Å². The van der Waals surface area contributed by atoms with E-state index in [1.165, 1.54) is 9.80 Å². The third-order valence-electron chi connectivity index (χ3n) is 8.03. The van der Waals surface area contributed by atoms with Crippen LogP contribution in [-0.4, -0.2) is 57.0 Å². The fourth-order valence-corrected chi connectivity index (χ4v) is 6.02. The lowest BCUT2D eigenvalue weighted by Crippen LogP contribution is -2.52. The summed E-state index contributed by atoms with van der Waals surface area (Å²) in [5.74, 6) is -2.08. The van der Waals surface area contributed by atoms with Gasteiger partial charge in [0.25, 0.3) is 5.91 Å². The minimum Gasteiger partial charge on any atom is -0.368 e. The fourth-order valence-electron chi connectivity index (χ4n) is 5.82. The van der Waals surface area contributed by atoms with Crippen LogP contribution >= 0.6 is 11.6 Å². The maximum atomic E-state index is 14.5. The highest BCUT2D eigenvalue weighted by atomic mass is 35.5. The normalized spacial score (nSPS) is 17.6. The van der Waals surface area contributed by atoms with Gasteiger partial charge in [-0.05, 0) is 59.0 Å². The van der Waals surface area contributed by atoms with E-state index in [0.29, 0.717) is 17.0 Å². The number of nitrogens with one attached hydrogen (secondary N) is 1. The van der Waals surface area contributed by atoms with E-state index in [-0.39, 0.29) is 19.5 Å². The Bertz CT molecular complexity index is 1680. The van der Waals surface area contributed by atoms with Gasteiger partial charge in [-0.1, -0.05) is 72.3 Å². The van der Waals surface area contributed by atoms with Gasteiger partial charge in [-0.15, -0.1) is 0 Å². The number of amides is 4. The van der Waals surface area contributed by atoms with E-state index < -0.39 is 48.2 Å². The number of carbonyl (C=O) groups is 4. The summed E-state index contributed by atoms with van der Waals surface area (Å²) in [6, 6.07) is 21.5. The van der Waals surface area contributed by atoms with Crippen molar-refractivity contribution in [2.75, 3.05) is 6.54 Å². The molecule has 0 bridgehead atoms. The largest absolute Gasteiger partial charge is 0.368 e. The molecule has 2 heterocycles. The number of rotatable bonds is 9. The van der Waals surface area contributed by atoms with Gasteiger partial charge < -0.3 is 20.9 Å². The molecule has 4 aromatic rings. The highest BCUT2D eigenvalue weighted by Gasteiger charge is 2.43. The summed E-state index contributed by atoms with van der Waals surface area (Å²) in [5.41, 5.74) is 8.13. The van der Waals surface area contributed by atoms with Crippen molar-refractivity contribution >= 4 is 46.0 Å². The topological polar surface area (TPSA) is 126 Å².